The van der Waals surface area contributed by atoms with E-state index in [9.17, 15) is 19.2 Å². The Morgan fingerprint density at radius 1 is 1.23 bits per heavy atom. The zero-order valence-electron chi connectivity index (χ0n) is 16.0. The minimum absolute atomic E-state index is 0.0500. The maximum absolute atomic E-state index is 12.3. The molecule has 1 aliphatic heterocycles. The van der Waals surface area contributed by atoms with Crippen LogP contribution in [-0.2, 0) is 14.4 Å². The van der Waals surface area contributed by atoms with Crippen LogP contribution < -0.4 is 21.3 Å². The Labute approximate surface area is 154 Å². The number of hydrogen-bond acceptors (Lipinski definition) is 4. The minimum Gasteiger partial charge on any atom is -0.354 e. The van der Waals surface area contributed by atoms with E-state index in [0.29, 0.717) is 6.54 Å². The van der Waals surface area contributed by atoms with Crippen LogP contribution in [0.1, 0.15) is 53.4 Å². The van der Waals surface area contributed by atoms with Gasteiger partial charge < -0.3 is 16.0 Å². The van der Waals surface area contributed by atoms with Gasteiger partial charge in [0.15, 0.2) is 0 Å². The molecule has 26 heavy (non-hydrogen) atoms. The third-order valence-corrected chi connectivity index (χ3v) is 5.41. The van der Waals surface area contributed by atoms with Gasteiger partial charge in [-0.15, -0.1) is 0 Å². The second kappa shape index (κ2) is 8.05. The lowest BCUT2D eigenvalue weighted by Gasteiger charge is -2.27. The molecule has 146 valence electrons. The standard InChI is InChI=1S/C18H30N4O4/c1-10(18(2,3)4)15(24)20-12-6-5-11(7-12)9-19-16(25)13-8-14(23)22-17(26)21-13/h10-13H,5-9H2,1-4H3,(H,19,25)(H,20,24)(H2,21,22,23,26)/t10?,11-,12+,13-/m0/s1. The SMILES string of the molecule is CC(C(=O)N[C@@H]1CC[C@H](CNC(=O)[C@@H]2CC(=O)NC(=O)N2)C1)C(C)(C)C. The molecule has 0 radical (unpaired) electrons. The number of nitrogens with one attached hydrogen (secondary N) is 4. The average Bonchev–Trinajstić information content (AvgIpc) is 2.97. The number of rotatable bonds is 5. The van der Waals surface area contributed by atoms with Crippen LogP contribution in [0.15, 0.2) is 0 Å². The van der Waals surface area contributed by atoms with Crippen molar-refractivity contribution in [1.29, 1.82) is 0 Å². The molecule has 0 spiro atoms. The van der Waals surface area contributed by atoms with Gasteiger partial charge in [-0.05, 0) is 30.6 Å². The molecule has 4 N–H and O–H groups in total. The van der Waals surface area contributed by atoms with Gasteiger partial charge in [-0.3, -0.25) is 19.7 Å². The molecule has 1 unspecified atom stereocenters. The van der Waals surface area contributed by atoms with Crippen LogP contribution in [0.3, 0.4) is 0 Å². The fraction of sp³-hybridized carbons (Fsp3) is 0.778. The first-order valence-corrected chi connectivity index (χ1v) is 9.24. The third-order valence-electron chi connectivity index (χ3n) is 5.41. The fourth-order valence-corrected chi connectivity index (χ4v) is 3.25. The Morgan fingerprint density at radius 3 is 2.54 bits per heavy atom. The van der Waals surface area contributed by atoms with Gasteiger partial charge in [-0.25, -0.2) is 4.79 Å². The minimum atomic E-state index is -0.819. The van der Waals surface area contributed by atoms with E-state index >= 15 is 0 Å². The Hall–Kier alpha value is -2.12. The lowest BCUT2D eigenvalue weighted by atomic mass is 9.81. The highest BCUT2D eigenvalue weighted by Gasteiger charge is 2.33. The highest BCUT2D eigenvalue weighted by atomic mass is 16.2. The summed E-state index contributed by atoms with van der Waals surface area (Å²) in [5, 5.41) is 10.5. The van der Waals surface area contributed by atoms with E-state index in [0.717, 1.165) is 19.3 Å². The van der Waals surface area contributed by atoms with Crippen LogP contribution in [0.25, 0.3) is 0 Å². The van der Waals surface area contributed by atoms with Crippen molar-refractivity contribution in [1.82, 2.24) is 21.3 Å². The Bertz CT molecular complexity index is 568. The van der Waals surface area contributed by atoms with E-state index in [4.69, 9.17) is 0 Å². The molecule has 0 aromatic carbocycles. The highest BCUT2D eigenvalue weighted by molar-refractivity contribution is 6.02. The second-order valence-corrected chi connectivity index (χ2v) is 8.50. The van der Waals surface area contributed by atoms with Crippen molar-refractivity contribution in [3.8, 4) is 0 Å². The maximum Gasteiger partial charge on any atom is 0.322 e. The number of hydrogen-bond donors (Lipinski definition) is 4. The van der Waals surface area contributed by atoms with Crippen LogP contribution >= 0.6 is 0 Å². The molecule has 5 amide bonds. The van der Waals surface area contributed by atoms with Gasteiger partial charge in [0.1, 0.15) is 6.04 Å². The summed E-state index contributed by atoms with van der Waals surface area (Å²) in [6.45, 7) is 8.57. The number of carbonyl (C=O) groups excluding carboxylic acids is 4. The molecule has 0 aromatic rings. The van der Waals surface area contributed by atoms with Gasteiger partial charge in [0, 0.05) is 18.5 Å². The van der Waals surface area contributed by atoms with Crippen molar-refractivity contribution in [2.45, 2.75) is 65.5 Å². The number of imide groups is 1. The number of amides is 5. The quantitative estimate of drug-likeness (QED) is 0.572. The van der Waals surface area contributed by atoms with Gasteiger partial charge >= 0.3 is 6.03 Å². The Morgan fingerprint density at radius 2 is 1.92 bits per heavy atom. The largest absolute Gasteiger partial charge is 0.354 e. The summed E-state index contributed by atoms with van der Waals surface area (Å²) in [6.07, 6.45) is 2.59. The summed E-state index contributed by atoms with van der Waals surface area (Å²) in [5.74, 6) is -0.514. The van der Waals surface area contributed by atoms with Crippen molar-refractivity contribution in [2.75, 3.05) is 6.54 Å². The predicted molar refractivity (Wildman–Crippen MR) is 96.0 cm³/mol. The molecule has 2 fully saturated rings. The van der Waals surface area contributed by atoms with Crippen molar-refractivity contribution in [2.24, 2.45) is 17.3 Å². The molecule has 1 saturated heterocycles. The number of urea groups is 1. The summed E-state index contributed by atoms with van der Waals surface area (Å²) >= 11 is 0. The summed E-state index contributed by atoms with van der Waals surface area (Å²) < 4.78 is 0. The summed E-state index contributed by atoms with van der Waals surface area (Å²) in [7, 11) is 0. The molecular weight excluding hydrogens is 336 g/mol. The van der Waals surface area contributed by atoms with Gasteiger partial charge in [-0.2, -0.15) is 0 Å². The Balaban J connectivity index is 1.74. The first kappa shape index (κ1) is 20.2. The van der Waals surface area contributed by atoms with Crippen molar-refractivity contribution in [3.05, 3.63) is 0 Å². The molecule has 2 aliphatic rings. The monoisotopic (exact) mass is 366 g/mol. The zero-order chi connectivity index (χ0) is 19.5. The zero-order valence-corrected chi connectivity index (χ0v) is 16.0. The van der Waals surface area contributed by atoms with E-state index in [1.54, 1.807) is 0 Å². The predicted octanol–water partition coefficient (Wildman–Crippen LogP) is 0.668. The number of carbonyl (C=O) groups is 4. The van der Waals surface area contributed by atoms with Gasteiger partial charge in [0.2, 0.25) is 17.7 Å². The topological polar surface area (TPSA) is 116 Å². The van der Waals surface area contributed by atoms with E-state index in [1.807, 2.05) is 6.92 Å². The summed E-state index contributed by atoms with van der Waals surface area (Å²) in [4.78, 5) is 47.0. The van der Waals surface area contributed by atoms with Crippen LogP contribution in [0.5, 0.6) is 0 Å². The van der Waals surface area contributed by atoms with Crippen molar-refractivity contribution < 1.29 is 19.2 Å². The van der Waals surface area contributed by atoms with E-state index in [2.05, 4.69) is 42.0 Å². The van der Waals surface area contributed by atoms with Gasteiger partial charge in [-0.1, -0.05) is 27.7 Å². The molecule has 1 saturated carbocycles. The third kappa shape index (κ3) is 5.44. The van der Waals surface area contributed by atoms with E-state index in [1.165, 1.54) is 0 Å². The lowest BCUT2D eigenvalue weighted by Crippen LogP contribution is -2.57. The molecule has 2 rings (SSSR count). The molecule has 0 aromatic heterocycles. The molecule has 8 heteroatoms. The molecule has 1 heterocycles. The second-order valence-electron chi connectivity index (χ2n) is 8.50. The maximum atomic E-state index is 12.3. The molecule has 8 nitrogen and oxygen atoms in total. The lowest BCUT2D eigenvalue weighted by molar-refractivity contribution is -0.129. The van der Waals surface area contributed by atoms with Crippen molar-refractivity contribution >= 4 is 23.8 Å². The van der Waals surface area contributed by atoms with Crippen LogP contribution in [0.2, 0.25) is 0 Å². The van der Waals surface area contributed by atoms with Crippen molar-refractivity contribution in [3.63, 3.8) is 0 Å². The summed E-state index contributed by atoms with van der Waals surface area (Å²) in [6, 6.07) is -1.33. The molecule has 0 bridgehead atoms. The fourth-order valence-electron chi connectivity index (χ4n) is 3.25. The highest BCUT2D eigenvalue weighted by Crippen LogP contribution is 2.28. The first-order valence-electron chi connectivity index (χ1n) is 9.24. The smallest absolute Gasteiger partial charge is 0.322 e. The average molecular weight is 366 g/mol. The van der Waals surface area contributed by atoms with Crippen LogP contribution in [-0.4, -0.2) is 42.4 Å². The Kier molecular flexibility index (Phi) is 6.26. The van der Waals surface area contributed by atoms with E-state index < -0.39 is 18.0 Å². The summed E-state index contributed by atoms with van der Waals surface area (Å²) in [5.41, 5.74) is -0.0766. The molecular formula is C18H30N4O4. The first-order chi connectivity index (χ1) is 12.1. The van der Waals surface area contributed by atoms with Gasteiger partial charge in [0.25, 0.3) is 0 Å². The van der Waals surface area contributed by atoms with Crippen LogP contribution in [0.4, 0.5) is 4.79 Å². The van der Waals surface area contributed by atoms with E-state index in [-0.39, 0.29) is 41.5 Å². The molecule has 1 aliphatic carbocycles. The normalized spacial score (nSPS) is 27.3. The molecule has 4 atom stereocenters. The van der Waals surface area contributed by atoms with Gasteiger partial charge in [0.05, 0.1) is 6.42 Å². The van der Waals surface area contributed by atoms with Crippen LogP contribution in [0, 0.1) is 17.3 Å².